The molecule has 1 aromatic rings. The maximum absolute atomic E-state index is 10.9. The van der Waals surface area contributed by atoms with Crippen molar-refractivity contribution in [2.24, 2.45) is 5.73 Å². The largest absolute Gasteiger partial charge is 0.365 e. The Balaban J connectivity index is 3.06. The predicted octanol–water partition coefficient (Wildman–Crippen LogP) is 0.379. The molecule has 3 N–H and O–H groups in total. The van der Waals surface area contributed by atoms with Gasteiger partial charge < -0.3 is 5.11 Å². The minimum atomic E-state index is -1.85. The number of rotatable bonds is 2. The quantitative estimate of drug-likeness (QED) is 0.623. The summed E-state index contributed by atoms with van der Waals surface area (Å²) in [6.45, 7) is 1.26. The first-order chi connectivity index (χ1) is 5.55. The van der Waals surface area contributed by atoms with Gasteiger partial charge in [-0.1, -0.05) is 30.3 Å². The summed E-state index contributed by atoms with van der Waals surface area (Å²) in [4.78, 5) is 10.9. The highest BCUT2D eigenvalue weighted by Gasteiger charge is 2.28. The van der Waals surface area contributed by atoms with E-state index in [2.05, 4.69) is 0 Å². The highest BCUT2D eigenvalue weighted by Crippen LogP contribution is 2.14. The molecule has 3 heteroatoms. The van der Waals surface area contributed by atoms with Crippen molar-refractivity contribution in [1.29, 1.82) is 0 Å². The van der Waals surface area contributed by atoms with Gasteiger partial charge in [0.25, 0.3) is 0 Å². The van der Waals surface area contributed by atoms with Crippen LogP contribution in [0, 0.1) is 0 Å². The van der Waals surface area contributed by atoms with Crippen molar-refractivity contribution in [2.45, 2.75) is 12.6 Å². The second-order valence-corrected chi connectivity index (χ2v) is 2.69. The summed E-state index contributed by atoms with van der Waals surface area (Å²) in [5.74, 6) is -0.464. The van der Waals surface area contributed by atoms with E-state index in [0.717, 1.165) is 0 Å². The van der Waals surface area contributed by atoms with E-state index in [4.69, 9.17) is 5.73 Å². The third-order valence-electron chi connectivity index (χ3n) is 1.75. The second-order valence-electron chi connectivity index (χ2n) is 2.69. The van der Waals surface area contributed by atoms with Crippen LogP contribution in [0.4, 0.5) is 0 Å². The number of carbonyl (C=O) groups is 1. The number of benzene rings is 1. The van der Waals surface area contributed by atoms with E-state index in [9.17, 15) is 9.90 Å². The zero-order valence-electron chi connectivity index (χ0n) is 6.82. The molecule has 1 aromatic carbocycles. The lowest BCUT2D eigenvalue weighted by Gasteiger charge is -2.19. The molecule has 0 aliphatic rings. The second kappa shape index (κ2) is 3.05. The van der Waals surface area contributed by atoms with Crippen LogP contribution in [0.5, 0.6) is 0 Å². The summed E-state index contributed by atoms with van der Waals surface area (Å²) in [6.07, 6.45) is 0. The van der Waals surface area contributed by atoms with Crippen LogP contribution in [-0.4, -0.2) is 10.9 Å². The summed E-state index contributed by atoms with van der Waals surface area (Å²) >= 11 is 0. The van der Waals surface area contributed by atoms with Crippen LogP contribution in [0.25, 0.3) is 0 Å². The van der Waals surface area contributed by atoms with Crippen LogP contribution < -0.4 is 5.73 Å². The maximum atomic E-state index is 10.9. The average Bonchev–Trinajstić information content (AvgIpc) is 2.06. The number of Topliss-reactive ketones (excluding diaryl/α,β-unsaturated/α-hetero) is 1. The first-order valence-electron chi connectivity index (χ1n) is 3.63. The summed E-state index contributed by atoms with van der Waals surface area (Å²) in [5.41, 5.74) is 3.96. The summed E-state index contributed by atoms with van der Waals surface area (Å²) in [5, 5.41) is 9.49. The number of carbonyl (C=O) groups excluding carboxylic acids is 1. The summed E-state index contributed by atoms with van der Waals surface area (Å²) < 4.78 is 0. The number of nitrogens with two attached hydrogens (primary N) is 1. The van der Waals surface area contributed by atoms with Crippen LogP contribution in [0.1, 0.15) is 12.5 Å². The van der Waals surface area contributed by atoms with E-state index in [0.29, 0.717) is 5.56 Å². The van der Waals surface area contributed by atoms with Crippen molar-refractivity contribution in [3.8, 4) is 0 Å². The fraction of sp³-hybridized carbons (Fsp3) is 0.222. The van der Waals surface area contributed by atoms with E-state index in [-0.39, 0.29) is 0 Å². The molecule has 0 aliphatic carbocycles. The van der Waals surface area contributed by atoms with E-state index in [1.54, 1.807) is 30.3 Å². The molecule has 0 spiro atoms. The van der Waals surface area contributed by atoms with Gasteiger partial charge in [-0.05, 0) is 6.92 Å². The number of aliphatic hydroxyl groups is 1. The fourth-order valence-electron chi connectivity index (χ4n) is 0.896. The number of hydrogen-bond acceptors (Lipinski definition) is 3. The molecule has 0 amide bonds. The maximum Gasteiger partial charge on any atom is 0.199 e. The monoisotopic (exact) mass is 165 g/mol. The lowest BCUT2D eigenvalue weighted by molar-refractivity contribution is -0.135. The Bertz CT molecular complexity index is 280. The molecule has 0 aliphatic heterocycles. The Labute approximate surface area is 70.8 Å². The number of ketones is 1. The minimum Gasteiger partial charge on any atom is -0.365 e. The first kappa shape index (κ1) is 8.90. The van der Waals surface area contributed by atoms with Crippen LogP contribution in [-0.2, 0) is 10.5 Å². The molecule has 1 atom stereocenters. The molecular weight excluding hydrogens is 154 g/mol. The SMILES string of the molecule is CC(=O)C(N)(O)c1ccccc1. The van der Waals surface area contributed by atoms with Crippen molar-refractivity contribution in [3.05, 3.63) is 35.9 Å². The van der Waals surface area contributed by atoms with Crippen LogP contribution in [0.15, 0.2) is 30.3 Å². The Morgan fingerprint density at radius 1 is 1.42 bits per heavy atom. The molecule has 0 bridgehead atoms. The Morgan fingerprint density at radius 3 is 2.33 bits per heavy atom. The predicted molar refractivity (Wildman–Crippen MR) is 45.2 cm³/mol. The normalized spacial score (nSPS) is 15.2. The van der Waals surface area contributed by atoms with E-state index >= 15 is 0 Å². The molecule has 0 fully saturated rings. The van der Waals surface area contributed by atoms with Gasteiger partial charge in [-0.2, -0.15) is 0 Å². The zero-order valence-corrected chi connectivity index (χ0v) is 6.82. The first-order valence-corrected chi connectivity index (χ1v) is 3.63. The molecule has 1 unspecified atom stereocenters. The molecule has 1 rings (SSSR count). The van der Waals surface area contributed by atoms with Gasteiger partial charge in [0, 0.05) is 5.56 Å². The average molecular weight is 165 g/mol. The summed E-state index contributed by atoms with van der Waals surface area (Å²) in [7, 11) is 0. The van der Waals surface area contributed by atoms with Crippen LogP contribution in [0.2, 0.25) is 0 Å². The minimum absolute atomic E-state index is 0.414. The van der Waals surface area contributed by atoms with E-state index in [1.165, 1.54) is 6.92 Å². The van der Waals surface area contributed by atoms with Crippen LogP contribution in [0.3, 0.4) is 0 Å². The van der Waals surface area contributed by atoms with Crippen molar-refractivity contribution >= 4 is 5.78 Å². The molecule has 0 saturated heterocycles. The molecule has 64 valence electrons. The van der Waals surface area contributed by atoms with Gasteiger partial charge in [-0.25, -0.2) is 0 Å². The van der Waals surface area contributed by atoms with Gasteiger partial charge in [0.15, 0.2) is 11.5 Å². The molecule has 0 radical (unpaired) electrons. The fourth-order valence-corrected chi connectivity index (χ4v) is 0.896. The van der Waals surface area contributed by atoms with Crippen molar-refractivity contribution in [1.82, 2.24) is 0 Å². The van der Waals surface area contributed by atoms with Crippen LogP contribution >= 0.6 is 0 Å². The topological polar surface area (TPSA) is 63.3 Å². The highest BCUT2D eigenvalue weighted by molar-refractivity contribution is 5.85. The van der Waals surface area contributed by atoms with Gasteiger partial charge >= 0.3 is 0 Å². The van der Waals surface area contributed by atoms with E-state index < -0.39 is 11.5 Å². The third-order valence-corrected chi connectivity index (χ3v) is 1.75. The highest BCUT2D eigenvalue weighted by atomic mass is 16.3. The number of hydrogen-bond donors (Lipinski definition) is 2. The zero-order chi connectivity index (χ0) is 9.19. The van der Waals surface area contributed by atoms with Gasteiger partial charge in [0.05, 0.1) is 0 Å². The molecule has 0 aromatic heterocycles. The summed E-state index contributed by atoms with van der Waals surface area (Å²) in [6, 6.07) is 8.45. The van der Waals surface area contributed by atoms with Gasteiger partial charge in [0.1, 0.15) is 0 Å². The standard InChI is InChI=1S/C9H11NO2/c1-7(11)9(10,12)8-5-3-2-4-6-8/h2-6,12H,10H2,1H3. The van der Waals surface area contributed by atoms with E-state index in [1.807, 2.05) is 0 Å². The Kier molecular flexibility index (Phi) is 2.26. The third kappa shape index (κ3) is 1.52. The van der Waals surface area contributed by atoms with Gasteiger partial charge in [-0.3, -0.25) is 10.5 Å². The molecule has 3 nitrogen and oxygen atoms in total. The molecule has 0 heterocycles. The van der Waals surface area contributed by atoms with Crippen molar-refractivity contribution < 1.29 is 9.90 Å². The molecule has 0 saturated carbocycles. The lowest BCUT2D eigenvalue weighted by atomic mass is 10.0. The molecular formula is C9H11NO2. The van der Waals surface area contributed by atoms with Crippen molar-refractivity contribution in [2.75, 3.05) is 0 Å². The Hall–Kier alpha value is -1.19. The van der Waals surface area contributed by atoms with Crippen molar-refractivity contribution in [3.63, 3.8) is 0 Å². The van der Waals surface area contributed by atoms with Gasteiger partial charge in [0.2, 0.25) is 0 Å². The smallest absolute Gasteiger partial charge is 0.199 e. The van der Waals surface area contributed by atoms with Gasteiger partial charge in [-0.15, -0.1) is 0 Å². The lowest BCUT2D eigenvalue weighted by Crippen LogP contribution is -2.43. The molecule has 12 heavy (non-hydrogen) atoms. The Morgan fingerprint density at radius 2 is 1.92 bits per heavy atom.